The van der Waals surface area contributed by atoms with Crippen molar-refractivity contribution >= 4 is 16.9 Å². The molecule has 2 aromatic carbocycles. The second-order valence-corrected chi connectivity index (χ2v) is 7.33. The number of aromatic nitrogens is 4. The number of hydrogen-bond acceptors (Lipinski definition) is 7. The minimum absolute atomic E-state index is 0.157. The van der Waals surface area contributed by atoms with Crippen LogP contribution in [-0.4, -0.2) is 56.0 Å². The third kappa shape index (κ3) is 3.36. The Balaban J connectivity index is 1.47. The van der Waals surface area contributed by atoms with Crippen LogP contribution in [0.5, 0.6) is 11.5 Å². The monoisotopic (exact) mass is 402 g/mol. The zero-order valence-corrected chi connectivity index (χ0v) is 16.3. The number of nitrogens with two attached hydrogens (primary N) is 1. The van der Waals surface area contributed by atoms with Crippen LogP contribution in [0.3, 0.4) is 0 Å². The van der Waals surface area contributed by atoms with Crippen molar-refractivity contribution in [1.82, 2.24) is 24.6 Å². The number of aliphatic hydroxyl groups excluding tert-OH is 1. The lowest BCUT2D eigenvalue weighted by Gasteiger charge is -2.38. The van der Waals surface area contributed by atoms with E-state index >= 15 is 0 Å². The molecule has 4 aromatic rings. The van der Waals surface area contributed by atoms with Crippen molar-refractivity contribution in [2.24, 2.45) is 0 Å². The molecule has 0 amide bonds. The van der Waals surface area contributed by atoms with Crippen LogP contribution in [0.1, 0.15) is 6.04 Å². The Morgan fingerprint density at radius 3 is 2.47 bits per heavy atom. The molecule has 8 nitrogen and oxygen atoms in total. The molecular formula is C22H22N6O2. The van der Waals surface area contributed by atoms with Gasteiger partial charge in [-0.25, -0.2) is 14.6 Å². The van der Waals surface area contributed by atoms with Crippen LogP contribution in [0.4, 0.5) is 5.82 Å². The highest BCUT2D eigenvalue weighted by atomic mass is 16.5. The molecule has 3 N–H and O–H groups in total. The molecule has 0 aliphatic carbocycles. The molecule has 1 aliphatic heterocycles. The molecular weight excluding hydrogens is 380 g/mol. The summed E-state index contributed by atoms with van der Waals surface area (Å²) < 4.78 is 7.82. The van der Waals surface area contributed by atoms with E-state index in [0.29, 0.717) is 12.4 Å². The number of para-hydroxylation sites is 1. The van der Waals surface area contributed by atoms with Gasteiger partial charge in [-0.3, -0.25) is 4.90 Å². The summed E-state index contributed by atoms with van der Waals surface area (Å²) in [4.78, 5) is 10.8. The fraction of sp³-hybridized carbons (Fsp3) is 0.227. The Hall–Kier alpha value is -3.49. The molecule has 30 heavy (non-hydrogen) atoms. The van der Waals surface area contributed by atoms with Crippen molar-refractivity contribution < 1.29 is 9.84 Å². The Morgan fingerprint density at radius 1 is 1.00 bits per heavy atom. The highest BCUT2D eigenvalue weighted by Crippen LogP contribution is 2.34. The minimum atomic E-state index is 0.157. The average Bonchev–Trinajstić information content (AvgIpc) is 3.12. The lowest BCUT2D eigenvalue weighted by atomic mass is 10.1. The Bertz CT molecular complexity index is 1150. The lowest BCUT2D eigenvalue weighted by molar-refractivity contribution is 0.0796. The number of fused-ring (bicyclic) bond motifs is 1. The highest BCUT2D eigenvalue weighted by molar-refractivity contribution is 5.98. The SMILES string of the molecule is Nc1ncnc2c1c(-c1ccc(Oc3ccccc3)cc1)nn2C1CN(CCO)C1. The number of ether oxygens (including phenoxy) is 1. The van der Waals surface area contributed by atoms with Crippen LogP contribution in [0.25, 0.3) is 22.3 Å². The minimum Gasteiger partial charge on any atom is -0.457 e. The quantitative estimate of drug-likeness (QED) is 0.511. The Kier molecular flexibility index (Phi) is 4.78. The van der Waals surface area contributed by atoms with Gasteiger partial charge in [0.05, 0.1) is 18.0 Å². The van der Waals surface area contributed by atoms with Gasteiger partial charge in [-0.05, 0) is 36.4 Å². The molecule has 1 fully saturated rings. The van der Waals surface area contributed by atoms with Gasteiger partial charge in [0.15, 0.2) is 5.65 Å². The van der Waals surface area contributed by atoms with Crippen LogP contribution in [0.15, 0.2) is 60.9 Å². The van der Waals surface area contributed by atoms with Gasteiger partial charge in [0.25, 0.3) is 0 Å². The summed E-state index contributed by atoms with van der Waals surface area (Å²) in [5.41, 5.74) is 8.62. The van der Waals surface area contributed by atoms with E-state index in [-0.39, 0.29) is 12.6 Å². The number of β-amino-alcohol motifs (C(OH)–C–C–N with tert-alkyl or cyclic N) is 1. The number of hydrogen-bond donors (Lipinski definition) is 2. The lowest BCUT2D eigenvalue weighted by Crippen LogP contribution is -2.49. The molecule has 0 atom stereocenters. The van der Waals surface area contributed by atoms with Crippen LogP contribution >= 0.6 is 0 Å². The molecule has 5 rings (SSSR count). The van der Waals surface area contributed by atoms with Gasteiger partial charge in [-0.15, -0.1) is 0 Å². The summed E-state index contributed by atoms with van der Waals surface area (Å²) in [6.45, 7) is 2.47. The molecule has 0 unspecified atom stereocenters. The second kappa shape index (κ2) is 7.74. The summed E-state index contributed by atoms with van der Waals surface area (Å²) in [6, 6.07) is 17.6. The first kappa shape index (κ1) is 18.5. The molecule has 0 radical (unpaired) electrons. The van der Waals surface area contributed by atoms with Crippen LogP contribution in [0.2, 0.25) is 0 Å². The predicted molar refractivity (Wildman–Crippen MR) is 114 cm³/mol. The number of rotatable bonds is 6. The molecule has 0 spiro atoms. The maximum atomic E-state index is 9.12. The Morgan fingerprint density at radius 2 is 1.73 bits per heavy atom. The summed E-state index contributed by atoms with van der Waals surface area (Å²) in [5, 5.41) is 14.7. The summed E-state index contributed by atoms with van der Waals surface area (Å²) >= 11 is 0. The summed E-state index contributed by atoms with van der Waals surface area (Å²) in [5.74, 6) is 1.95. The van der Waals surface area contributed by atoms with Gasteiger partial charge in [0, 0.05) is 25.2 Å². The topological polar surface area (TPSA) is 102 Å². The van der Waals surface area contributed by atoms with E-state index < -0.39 is 0 Å². The van der Waals surface area contributed by atoms with Crippen molar-refractivity contribution in [2.45, 2.75) is 6.04 Å². The number of benzene rings is 2. The van der Waals surface area contributed by atoms with E-state index in [0.717, 1.165) is 46.9 Å². The number of likely N-dealkylation sites (tertiary alicyclic amines) is 1. The van der Waals surface area contributed by atoms with Crippen molar-refractivity contribution in [2.75, 3.05) is 32.0 Å². The molecule has 2 aromatic heterocycles. The zero-order valence-electron chi connectivity index (χ0n) is 16.3. The van der Waals surface area contributed by atoms with E-state index in [4.69, 9.17) is 20.7 Å². The van der Waals surface area contributed by atoms with Crippen LogP contribution in [-0.2, 0) is 0 Å². The van der Waals surface area contributed by atoms with Gasteiger partial charge in [-0.1, -0.05) is 18.2 Å². The van der Waals surface area contributed by atoms with E-state index in [1.807, 2.05) is 59.3 Å². The van der Waals surface area contributed by atoms with E-state index in [9.17, 15) is 0 Å². The first-order valence-electron chi connectivity index (χ1n) is 9.88. The highest BCUT2D eigenvalue weighted by Gasteiger charge is 2.31. The van der Waals surface area contributed by atoms with Crippen molar-refractivity contribution in [3.63, 3.8) is 0 Å². The van der Waals surface area contributed by atoms with Crippen molar-refractivity contribution in [3.05, 3.63) is 60.9 Å². The van der Waals surface area contributed by atoms with Crippen LogP contribution < -0.4 is 10.5 Å². The fourth-order valence-corrected chi connectivity index (χ4v) is 3.78. The van der Waals surface area contributed by atoms with Gasteiger partial charge < -0.3 is 15.6 Å². The molecule has 1 saturated heterocycles. The maximum Gasteiger partial charge on any atom is 0.164 e. The number of nitrogen functional groups attached to an aromatic ring is 1. The van der Waals surface area contributed by atoms with E-state index in [1.165, 1.54) is 6.33 Å². The third-order valence-corrected chi connectivity index (χ3v) is 5.32. The maximum absolute atomic E-state index is 9.12. The third-order valence-electron chi connectivity index (χ3n) is 5.32. The Labute approximate surface area is 173 Å². The van der Waals surface area contributed by atoms with Crippen molar-refractivity contribution in [3.8, 4) is 22.8 Å². The van der Waals surface area contributed by atoms with Gasteiger partial charge in [-0.2, -0.15) is 5.10 Å². The number of nitrogens with zero attached hydrogens (tertiary/aromatic N) is 5. The summed E-state index contributed by atoms with van der Waals surface area (Å²) in [6.07, 6.45) is 1.47. The zero-order chi connectivity index (χ0) is 20.5. The van der Waals surface area contributed by atoms with Crippen molar-refractivity contribution in [1.29, 1.82) is 0 Å². The van der Waals surface area contributed by atoms with Gasteiger partial charge in [0.1, 0.15) is 29.3 Å². The smallest absolute Gasteiger partial charge is 0.164 e. The molecule has 152 valence electrons. The molecule has 1 aliphatic rings. The van der Waals surface area contributed by atoms with Gasteiger partial charge in [0.2, 0.25) is 0 Å². The predicted octanol–water partition coefficient (Wildman–Crippen LogP) is 2.72. The fourth-order valence-electron chi connectivity index (χ4n) is 3.78. The molecule has 3 heterocycles. The summed E-state index contributed by atoms with van der Waals surface area (Å²) in [7, 11) is 0. The first-order chi connectivity index (χ1) is 14.7. The first-order valence-corrected chi connectivity index (χ1v) is 9.88. The second-order valence-electron chi connectivity index (χ2n) is 7.33. The molecule has 8 heteroatoms. The normalized spacial score (nSPS) is 14.7. The average molecular weight is 402 g/mol. The van der Waals surface area contributed by atoms with E-state index in [2.05, 4.69) is 14.9 Å². The van der Waals surface area contributed by atoms with Crippen LogP contribution in [0, 0.1) is 0 Å². The number of anilines is 1. The largest absolute Gasteiger partial charge is 0.457 e. The number of aliphatic hydroxyl groups is 1. The molecule has 0 bridgehead atoms. The standard InChI is InChI=1S/C22H22N6O2/c23-21-19-20(15-6-8-18(9-7-15)30-17-4-2-1-3-5-17)26-28(22(19)25-14-24-21)16-12-27(13-16)10-11-29/h1-9,14,16,29H,10-13H2,(H2,23,24,25). The van der Waals surface area contributed by atoms with Gasteiger partial charge >= 0.3 is 0 Å². The van der Waals surface area contributed by atoms with E-state index in [1.54, 1.807) is 0 Å². The molecule has 0 saturated carbocycles.